The molecule has 5 nitrogen and oxygen atoms in total. The van der Waals surface area contributed by atoms with Gasteiger partial charge in [0.25, 0.3) is 0 Å². The van der Waals surface area contributed by atoms with Crippen molar-refractivity contribution in [3.8, 4) is 0 Å². The van der Waals surface area contributed by atoms with Gasteiger partial charge in [-0.3, -0.25) is 0 Å². The van der Waals surface area contributed by atoms with Gasteiger partial charge in [-0.15, -0.1) is 9.78 Å². The molecule has 0 spiro atoms. The van der Waals surface area contributed by atoms with E-state index in [9.17, 15) is 4.79 Å². The Morgan fingerprint density at radius 2 is 1.27 bits per heavy atom. The Hall–Kier alpha value is -2.46. The summed E-state index contributed by atoms with van der Waals surface area (Å²) in [6, 6.07) is 29.8. The first kappa shape index (κ1) is 33.7. The van der Waals surface area contributed by atoms with Crippen molar-refractivity contribution in [3.05, 3.63) is 140 Å². The van der Waals surface area contributed by atoms with Crippen LogP contribution in [0.5, 0.6) is 0 Å². The maximum absolute atomic E-state index is 11.9. The zero-order chi connectivity index (χ0) is 29.5. The van der Waals surface area contributed by atoms with Gasteiger partial charge in [-0.25, -0.2) is 4.79 Å². The molecule has 0 atom stereocenters. The van der Waals surface area contributed by atoms with Crippen LogP contribution in [0.25, 0.3) is 0 Å². The minimum atomic E-state index is -1.38. The van der Waals surface area contributed by atoms with Crippen molar-refractivity contribution < 1.29 is 19.3 Å². The summed E-state index contributed by atoms with van der Waals surface area (Å²) in [5, 5.41) is 2.59. The minimum absolute atomic E-state index is 0.451. The molecule has 1 saturated heterocycles. The fraction of sp³-hybridized carbons (Fsp3) is 0.167. The van der Waals surface area contributed by atoms with E-state index >= 15 is 0 Å². The number of ether oxygens (including phenoxy) is 1. The van der Waals surface area contributed by atoms with Crippen molar-refractivity contribution in [1.82, 2.24) is 0 Å². The molecule has 0 amide bonds. The van der Waals surface area contributed by atoms with E-state index in [0.29, 0.717) is 11.1 Å². The third kappa shape index (κ3) is 10.5. The molecule has 40 heavy (non-hydrogen) atoms. The van der Waals surface area contributed by atoms with Crippen molar-refractivity contribution in [2.45, 2.75) is 32.1 Å². The first-order chi connectivity index (χ1) is 19.2. The number of aryl methyl sites for hydroxylation is 3. The van der Waals surface area contributed by atoms with E-state index < -0.39 is 11.9 Å². The quantitative estimate of drug-likeness (QED) is 0.0592. The predicted octanol–water partition coefficient (Wildman–Crippen LogP) is 9.30. The Balaban J connectivity index is 0.000000217. The normalized spacial score (nSPS) is 12.2. The topological polar surface area (TPSA) is 63.7 Å². The molecule has 0 N–H and O–H groups in total. The molecule has 0 bridgehead atoms. The van der Waals surface area contributed by atoms with Gasteiger partial charge in [-0.05, 0) is 67.3 Å². The Morgan fingerprint density at radius 3 is 1.70 bits per heavy atom. The SMILES string of the molecule is Cc1cccc(C)c1Cl.Cc1cccc(CBr)c1Cl.O=C(OC1(c2ccccc2)OO1)c1ccccc1.[B]=NS. The fourth-order valence-corrected chi connectivity index (χ4v) is 4.18. The molecule has 207 valence electrons. The molecule has 10 heteroatoms. The fourth-order valence-electron chi connectivity index (χ4n) is 3.23. The monoisotopic (exact) mass is 658 g/mol. The molecule has 0 aromatic heterocycles. The van der Waals surface area contributed by atoms with E-state index in [2.05, 4.69) is 40.7 Å². The number of halogens is 3. The van der Waals surface area contributed by atoms with Gasteiger partial charge in [0.15, 0.2) is 0 Å². The number of benzene rings is 4. The van der Waals surface area contributed by atoms with Crippen LogP contribution in [0.3, 0.4) is 0 Å². The molecular weight excluding hydrogens is 632 g/mol. The zero-order valence-corrected chi connectivity index (χ0v) is 26.2. The van der Waals surface area contributed by atoms with Crippen molar-refractivity contribution in [1.29, 1.82) is 0 Å². The van der Waals surface area contributed by atoms with Crippen LogP contribution < -0.4 is 0 Å². The standard InChI is InChI=1S/C14H10O4.C8H8BrCl.C8H9Cl.BHNS/c15-13(11-7-3-1-4-8-11)16-14(17-18-14)12-9-5-2-6-10-12;1-6-3-2-4-7(5-9)8(6)10;1-6-4-3-5-7(2)8(6)9;1-2-3/h1-10H;2-4H,5H2,1H3;3-5H,1-2H3;3H. The van der Waals surface area contributed by atoms with Crippen LogP contribution in [-0.2, 0) is 25.8 Å². The maximum atomic E-state index is 11.9. The van der Waals surface area contributed by atoms with Crippen molar-refractivity contribution in [2.75, 3.05) is 0 Å². The Morgan fingerprint density at radius 1 is 0.825 bits per heavy atom. The van der Waals surface area contributed by atoms with Gasteiger partial charge in [-0.2, -0.15) is 0 Å². The van der Waals surface area contributed by atoms with Crippen molar-refractivity contribution >= 4 is 65.6 Å². The zero-order valence-electron chi connectivity index (χ0n) is 22.2. The number of carbonyl (C=O) groups is 1. The first-order valence-corrected chi connectivity index (χ1v) is 14.2. The Kier molecular flexibility index (Phi) is 14.7. The van der Waals surface area contributed by atoms with Crippen LogP contribution in [-0.4, -0.2) is 13.6 Å². The van der Waals surface area contributed by atoms with Crippen LogP contribution in [0.2, 0.25) is 10.0 Å². The second-order valence-electron chi connectivity index (χ2n) is 8.35. The number of hydrogen-bond donors (Lipinski definition) is 1. The first-order valence-electron chi connectivity index (χ1n) is 12.0. The van der Waals surface area contributed by atoms with Crippen LogP contribution >= 0.6 is 51.9 Å². The second kappa shape index (κ2) is 17.4. The van der Waals surface area contributed by atoms with Crippen LogP contribution in [0, 0.1) is 20.8 Å². The molecule has 1 aliphatic rings. The van der Waals surface area contributed by atoms with Crippen molar-refractivity contribution in [2.24, 2.45) is 4.30 Å². The van der Waals surface area contributed by atoms with Crippen LogP contribution in [0.1, 0.15) is 38.2 Å². The number of esters is 1. The number of alkyl halides is 1. The average Bonchev–Trinajstić information content (AvgIpc) is 3.76. The van der Waals surface area contributed by atoms with Crippen LogP contribution in [0.4, 0.5) is 0 Å². The molecule has 5 rings (SSSR count). The molecule has 0 aliphatic carbocycles. The second-order valence-corrected chi connectivity index (χ2v) is 9.89. The Labute approximate surface area is 260 Å². The summed E-state index contributed by atoms with van der Waals surface area (Å²) >= 11 is 18.4. The summed E-state index contributed by atoms with van der Waals surface area (Å²) in [5.41, 5.74) is 5.69. The summed E-state index contributed by atoms with van der Waals surface area (Å²) in [6.45, 7) is 6.03. The van der Waals surface area contributed by atoms with Gasteiger partial charge in [0.05, 0.1) is 11.1 Å². The molecular formula is C30H28BBrCl2NO4S. The average molecular weight is 660 g/mol. The van der Waals surface area contributed by atoms with Gasteiger partial charge < -0.3 is 4.74 Å². The van der Waals surface area contributed by atoms with E-state index in [-0.39, 0.29) is 0 Å². The van der Waals surface area contributed by atoms with E-state index in [1.165, 1.54) is 0 Å². The van der Waals surface area contributed by atoms with E-state index in [4.69, 9.17) is 37.7 Å². The molecule has 4 aromatic rings. The van der Waals surface area contributed by atoms with Gasteiger partial charge in [0.2, 0.25) is 0 Å². The molecule has 1 fully saturated rings. The summed E-state index contributed by atoms with van der Waals surface area (Å²) in [6.07, 6.45) is 0. The van der Waals surface area contributed by atoms with Crippen molar-refractivity contribution in [3.63, 3.8) is 0 Å². The van der Waals surface area contributed by atoms with E-state index in [0.717, 1.165) is 37.6 Å². The van der Waals surface area contributed by atoms with Gasteiger partial charge in [0.1, 0.15) is 0 Å². The van der Waals surface area contributed by atoms with Gasteiger partial charge in [-0.1, -0.05) is 112 Å². The summed E-state index contributed by atoms with van der Waals surface area (Å²) in [5.74, 6) is -1.87. The predicted molar refractivity (Wildman–Crippen MR) is 169 cm³/mol. The van der Waals surface area contributed by atoms with E-state index in [1.54, 1.807) is 36.4 Å². The number of nitrogens with zero attached hydrogens (tertiary/aromatic N) is 1. The third-order valence-electron chi connectivity index (χ3n) is 5.40. The van der Waals surface area contributed by atoms with Crippen LogP contribution in [0.15, 0.2) is 101 Å². The number of hydrogen-bond acceptors (Lipinski definition) is 6. The molecule has 4 aromatic carbocycles. The Bertz CT molecular complexity index is 1360. The third-order valence-corrected chi connectivity index (χ3v) is 7.14. The summed E-state index contributed by atoms with van der Waals surface area (Å²) in [4.78, 5) is 21.6. The van der Waals surface area contributed by atoms with E-state index in [1.807, 2.05) is 81.4 Å². The summed E-state index contributed by atoms with van der Waals surface area (Å²) < 4.78 is 7.93. The number of thiol groups is 1. The number of rotatable bonds is 4. The molecule has 1 aliphatic heterocycles. The van der Waals surface area contributed by atoms with Gasteiger partial charge in [0, 0.05) is 15.4 Å². The molecule has 1 radical (unpaired) electrons. The molecule has 0 saturated carbocycles. The molecule has 1 heterocycles. The summed E-state index contributed by atoms with van der Waals surface area (Å²) in [7, 11) is 4.34. The molecule has 0 unspecified atom stereocenters. The van der Waals surface area contributed by atoms with Gasteiger partial charge >= 0.3 is 36.7 Å². The number of carbonyl (C=O) groups excluding carboxylic acids is 1.